The van der Waals surface area contributed by atoms with Crippen molar-refractivity contribution < 1.29 is 9.21 Å². The number of nitrogens with one attached hydrogen (secondary N) is 1. The fraction of sp³-hybridized carbons (Fsp3) is 0.385. The fourth-order valence-corrected chi connectivity index (χ4v) is 3.14. The second-order valence-electron chi connectivity index (χ2n) is 5.33. The predicted octanol–water partition coefficient (Wildman–Crippen LogP) is 1.66. The molecule has 0 radical (unpaired) electrons. The number of aromatic amines is 1. The van der Waals surface area contributed by atoms with Gasteiger partial charge in [0, 0.05) is 28.5 Å². The van der Waals surface area contributed by atoms with Gasteiger partial charge in [0.05, 0.1) is 11.9 Å². The Balaban J connectivity index is 2.01. The highest BCUT2D eigenvalue weighted by Crippen LogP contribution is 2.57. The van der Waals surface area contributed by atoms with Crippen molar-refractivity contribution in [2.75, 3.05) is 0 Å². The van der Waals surface area contributed by atoms with E-state index in [1.807, 2.05) is 13.1 Å². The maximum Gasteiger partial charge on any atom is 0.284 e. The van der Waals surface area contributed by atoms with Gasteiger partial charge in [0.25, 0.3) is 5.91 Å². The van der Waals surface area contributed by atoms with E-state index in [4.69, 9.17) is 10.2 Å². The van der Waals surface area contributed by atoms with Crippen LogP contribution >= 0.6 is 0 Å². The molecule has 0 bridgehead atoms. The summed E-state index contributed by atoms with van der Waals surface area (Å²) >= 11 is 0. The molecule has 2 aliphatic rings. The van der Waals surface area contributed by atoms with Crippen molar-refractivity contribution >= 4 is 5.91 Å². The summed E-state index contributed by atoms with van der Waals surface area (Å²) in [6.07, 6.45) is 5.07. The van der Waals surface area contributed by atoms with Gasteiger partial charge in [-0.15, -0.1) is 0 Å². The van der Waals surface area contributed by atoms with Crippen LogP contribution < -0.4 is 5.73 Å². The standard InChI is InChI=1S/C13H13N3O2/c1-6-9-8(18-11(6)12(14)17)4-13(2-3-13)7-5-15-16-10(7)9/h5H,2-4H2,1H3,(H2,14,17)(H,15,16). The molecule has 3 N–H and O–H groups in total. The highest BCUT2D eigenvalue weighted by atomic mass is 16.4. The molecule has 2 aromatic rings. The number of carbonyl (C=O) groups is 1. The van der Waals surface area contributed by atoms with Gasteiger partial charge in [-0.3, -0.25) is 9.89 Å². The lowest BCUT2D eigenvalue weighted by Gasteiger charge is -2.20. The van der Waals surface area contributed by atoms with Gasteiger partial charge in [-0.25, -0.2) is 0 Å². The Morgan fingerprint density at radius 2 is 2.33 bits per heavy atom. The SMILES string of the molecule is Cc1c(C(N)=O)oc2c1-c1[nH]ncc1C1(CC1)C2. The minimum Gasteiger partial charge on any atom is -0.455 e. The number of carbonyl (C=O) groups excluding carboxylic acids is 1. The number of hydrogen-bond donors (Lipinski definition) is 2. The number of amides is 1. The summed E-state index contributed by atoms with van der Waals surface area (Å²) in [5, 5.41) is 7.19. The summed E-state index contributed by atoms with van der Waals surface area (Å²) in [6.45, 7) is 1.87. The van der Waals surface area contributed by atoms with Crippen LogP contribution in [0.1, 0.15) is 40.3 Å². The molecule has 5 heteroatoms. The van der Waals surface area contributed by atoms with E-state index >= 15 is 0 Å². The minimum absolute atomic E-state index is 0.189. The fourth-order valence-electron chi connectivity index (χ4n) is 3.14. The van der Waals surface area contributed by atoms with E-state index in [9.17, 15) is 4.79 Å². The molecule has 2 heterocycles. The number of primary amides is 1. The summed E-state index contributed by atoms with van der Waals surface area (Å²) in [5.74, 6) is 0.640. The van der Waals surface area contributed by atoms with Gasteiger partial charge in [-0.1, -0.05) is 0 Å². The Kier molecular flexibility index (Phi) is 1.58. The molecule has 5 nitrogen and oxygen atoms in total. The first-order chi connectivity index (χ1) is 8.62. The largest absolute Gasteiger partial charge is 0.455 e. The second-order valence-corrected chi connectivity index (χ2v) is 5.33. The van der Waals surface area contributed by atoms with Crippen molar-refractivity contribution in [3.63, 3.8) is 0 Å². The number of rotatable bonds is 1. The molecule has 1 amide bonds. The van der Waals surface area contributed by atoms with E-state index in [0.717, 1.165) is 41.8 Å². The van der Waals surface area contributed by atoms with Crippen LogP contribution in [-0.4, -0.2) is 16.1 Å². The van der Waals surface area contributed by atoms with E-state index in [1.54, 1.807) is 0 Å². The average molecular weight is 243 g/mol. The Morgan fingerprint density at radius 1 is 1.56 bits per heavy atom. The molecule has 1 spiro atoms. The van der Waals surface area contributed by atoms with E-state index in [-0.39, 0.29) is 11.2 Å². The van der Waals surface area contributed by atoms with Crippen molar-refractivity contribution in [2.24, 2.45) is 5.73 Å². The predicted molar refractivity (Wildman–Crippen MR) is 64.2 cm³/mol. The first-order valence-corrected chi connectivity index (χ1v) is 6.09. The van der Waals surface area contributed by atoms with Crippen LogP contribution in [0.5, 0.6) is 0 Å². The Morgan fingerprint density at radius 3 is 3.00 bits per heavy atom. The van der Waals surface area contributed by atoms with Gasteiger partial charge in [-0.05, 0) is 19.8 Å². The van der Waals surface area contributed by atoms with Crippen molar-refractivity contribution in [1.82, 2.24) is 10.2 Å². The zero-order valence-electron chi connectivity index (χ0n) is 10.0. The molecule has 1 fully saturated rings. The first kappa shape index (κ1) is 9.94. The Bertz CT molecular complexity index is 676. The van der Waals surface area contributed by atoms with Gasteiger partial charge in [0.15, 0.2) is 5.76 Å². The van der Waals surface area contributed by atoms with E-state index in [0.29, 0.717) is 0 Å². The molecule has 2 aliphatic carbocycles. The van der Waals surface area contributed by atoms with Crippen LogP contribution in [0.15, 0.2) is 10.6 Å². The molecule has 0 saturated heterocycles. The highest BCUT2D eigenvalue weighted by Gasteiger charge is 2.51. The maximum atomic E-state index is 11.4. The zero-order chi connectivity index (χ0) is 12.5. The smallest absolute Gasteiger partial charge is 0.284 e. The normalized spacial score (nSPS) is 18.5. The van der Waals surface area contributed by atoms with Crippen molar-refractivity contribution in [3.8, 4) is 11.3 Å². The summed E-state index contributed by atoms with van der Waals surface area (Å²) in [6, 6.07) is 0. The number of furan rings is 1. The van der Waals surface area contributed by atoms with Crippen LogP contribution in [0, 0.1) is 6.92 Å². The molecule has 0 aliphatic heterocycles. The number of fused-ring (bicyclic) bond motifs is 4. The number of nitrogens with zero attached hydrogens (tertiary/aromatic N) is 1. The third kappa shape index (κ3) is 1.02. The van der Waals surface area contributed by atoms with E-state index < -0.39 is 5.91 Å². The Hall–Kier alpha value is -2.04. The summed E-state index contributed by atoms with van der Waals surface area (Å²) in [4.78, 5) is 11.4. The number of nitrogens with two attached hydrogens (primary N) is 1. The van der Waals surface area contributed by atoms with Gasteiger partial charge in [0.1, 0.15) is 5.76 Å². The van der Waals surface area contributed by atoms with Crippen LogP contribution in [0.3, 0.4) is 0 Å². The third-order valence-electron chi connectivity index (χ3n) is 4.26. The lowest BCUT2D eigenvalue weighted by molar-refractivity contribution is 0.0971. The summed E-state index contributed by atoms with van der Waals surface area (Å²) < 4.78 is 5.68. The van der Waals surface area contributed by atoms with E-state index in [2.05, 4.69) is 10.2 Å². The average Bonchev–Trinajstić information content (AvgIpc) is 2.78. The van der Waals surface area contributed by atoms with Crippen LogP contribution in [0.2, 0.25) is 0 Å². The van der Waals surface area contributed by atoms with Crippen molar-refractivity contribution in [1.29, 1.82) is 0 Å². The molecule has 0 aromatic carbocycles. The molecule has 4 rings (SSSR count). The Labute approximate surface area is 103 Å². The van der Waals surface area contributed by atoms with Gasteiger partial charge in [0.2, 0.25) is 0 Å². The van der Waals surface area contributed by atoms with Crippen LogP contribution in [-0.2, 0) is 11.8 Å². The molecule has 1 saturated carbocycles. The number of hydrogen-bond acceptors (Lipinski definition) is 3. The molecule has 0 unspecified atom stereocenters. The molecule has 0 atom stereocenters. The van der Waals surface area contributed by atoms with Crippen molar-refractivity contribution in [3.05, 3.63) is 28.8 Å². The number of H-pyrrole nitrogens is 1. The van der Waals surface area contributed by atoms with E-state index in [1.165, 1.54) is 5.56 Å². The van der Waals surface area contributed by atoms with Gasteiger partial charge >= 0.3 is 0 Å². The minimum atomic E-state index is -0.507. The lowest BCUT2D eigenvalue weighted by Crippen LogP contribution is -2.15. The quantitative estimate of drug-likeness (QED) is 0.798. The molecule has 92 valence electrons. The molecular weight excluding hydrogens is 230 g/mol. The third-order valence-corrected chi connectivity index (χ3v) is 4.26. The molecular formula is C13H13N3O2. The second kappa shape index (κ2) is 2.85. The first-order valence-electron chi connectivity index (χ1n) is 6.09. The number of aromatic nitrogens is 2. The van der Waals surface area contributed by atoms with Gasteiger partial charge in [-0.2, -0.15) is 5.10 Å². The topological polar surface area (TPSA) is 84.9 Å². The lowest BCUT2D eigenvalue weighted by atomic mass is 9.82. The van der Waals surface area contributed by atoms with Crippen molar-refractivity contribution in [2.45, 2.75) is 31.6 Å². The monoisotopic (exact) mass is 243 g/mol. The van der Waals surface area contributed by atoms with Gasteiger partial charge < -0.3 is 10.2 Å². The highest BCUT2D eigenvalue weighted by molar-refractivity contribution is 5.94. The summed E-state index contributed by atoms with van der Waals surface area (Å²) in [5.41, 5.74) is 9.60. The summed E-state index contributed by atoms with van der Waals surface area (Å²) in [7, 11) is 0. The zero-order valence-corrected chi connectivity index (χ0v) is 10.0. The maximum absolute atomic E-state index is 11.4. The van der Waals surface area contributed by atoms with Crippen LogP contribution in [0.4, 0.5) is 0 Å². The van der Waals surface area contributed by atoms with Crippen LogP contribution in [0.25, 0.3) is 11.3 Å². The molecule has 2 aromatic heterocycles. The molecule has 18 heavy (non-hydrogen) atoms.